The Labute approximate surface area is 107 Å². The Balaban J connectivity index is 3.11. The van der Waals surface area contributed by atoms with E-state index in [1.807, 2.05) is 36.6 Å². The van der Waals surface area contributed by atoms with Gasteiger partial charge in [-0.05, 0) is 17.2 Å². The molecule has 1 heteroatoms. The van der Waals surface area contributed by atoms with Gasteiger partial charge in [-0.1, -0.05) is 56.7 Å². The van der Waals surface area contributed by atoms with Gasteiger partial charge < -0.3 is 0 Å². The van der Waals surface area contributed by atoms with E-state index in [-0.39, 0.29) is 0 Å². The highest BCUT2D eigenvalue weighted by molar-refractivity contribution is 6.04. The van der Waals surface area contributed by atoms with E-state index in [0.717, 1.165) is 33.2 Å². The average Bonchev–Trinajstić information content (AvgIpc) is 2.44. The first kappa shape index (κ1) is 12.1. The van der Waals surface area contributed by atoms with Crippen LogP contribution in [0.25, 0.3) is 35.1 Å². The van der Waals surface area contributed by atoms with Gasteiger partial charge in [0, 0.05) is 22.5 Å². The Morgan fingerprint density at radius 2 is 1.28 bits per heavy atom. The van der Waals surface area contributed by atoms with Crippen LogP contribution >= 0.6 is 0 Å². The highest BCUT2D eigenvalue weighted by atomic mass is 14.7. The molecular weight excluding hydrogens is 218 g/mol. The molecule has 1 heterocycles. The Morgan fingerprint density at radius 3 is 1.78 bits per heavy atom. The standard InChI is InChI=1S/C17H15N/c1-5-12-9-10-13(6-2)17-15(8-4)18-11-14(7-3)16(12)17/h5-11H,1-4H2. The molecule has 0 N–H and O–H groups in total. The molecule has 1 aromatic heterocycles. The van der Waals surface area contributed by atoms with Gasteiger partial charge in [-0.25, -0.2) is 0 Å². The zero-order chi connectivity index (χ0) is 13.1. The van der Waals surface area contributed by atoms with E-state index in [4.69, 9.17) is 0 Å². The monoisotopic (exact) mass is 233 g/mol. The fraction of sp³-hybridized carbons (Fsp3) is 0. The maximum atomic E-state index is 4.41. The van der Waals surface area contributed by atoms with Gasteiger partial charge >= 0.3 is 0 Å². The summed E-state index contributed by atoms with van der Waals surface area (Å²) < 4.78 is 0. The van der Waals surface area contributed by atoms with Gasteiger partial charge in [0.1, 0.15) is 0 Å². The van der Waals surface area contributed by atoms with Crippen LogP contribution in [0.3, 0.4) is 0 Å². The number of hydrogen-bond acceptors (Lipinski definition) is 1. The molecule has 2 aromatic rings. The van der Waals surface area contributed by atoms with Crippen molar-refractivity contribution in [2.24, 2.45) is 0 Å². The van der Waals surface area contributed by atoms with Crippen LogP contribution in [0.5, 0.6) is 0 Å². The van der Waals surface area contributed by atoms with Crippen molar-refractivity contribution < 1.29 is 0 Å². The van der Waals surface area contributed by atoms with E-state index in [0.29, 0.717) is 0 Å². The van der Waals surface area contributed by atoms with Gasteiger partial charge in [-0.2, -0.15) is 0 Å². The highest BCUT2D eigenvalue weighted by Gasteiger charge is 2.10. The van der Waals surface area contributed by atoms with Gasteiger partial charge in [0.25, 0.3) is 0 Å². The van der Waals surface area contributed by atoms with Crippen molar-refractivity contribution in [1.82, 2.24) is 4.98 Å². The topological polar surface area (TPSA) is 12.9 Å². The van der Waals surface area contributed by atoms with Crippen LogP contribution < -0.4 is 0 Å². The summed E-state index contributed by atoms with van der Waals surface area (Å²) in [5.74, 6) is 0. The number of nitrogens with zero attached hydrogens (tertiary/aromatic N) is 1. The molecule has 0 unspecified atom stereocenters. The zero-order valence-corrected chi connectivity index (χ0v) is 10.3. The molecule has 0 saturated heterocycles. The molecule has 0 aliphatic heterocycles. The molecule has 18 heavy (non-hydrogen) atoms. The molecule has 0 aliphatic carbocycles. The minimum absolute atomic E-state index is 0.856. The summed E-state index contributed by atoms with van der Waals surface area (Å²) >= 11 is 0. The Bertz CT molecular complexity index is 550. The van der Waals surface area contributed by atoms with Crippen LogP contribution in [0.15, 0.2) is 44.6 Å². The van der Waals surface area contributed by atoms with Gasteiger partial charge in [0.2, 0.25) is 0 Å². The van der Waals surface area contributed by atoms with Crippen molar-refractivity contribution in [2.75, 3.05) is 0 Å². The van der Waals surface area contributed by atoms with E-state index < -0.39 is 0 Å². The summed E-state index contributed by atoms with van der Waals surface area (Å²) in [6.07, 6.45) is 9.05. The third-order valence-electron chi connectivity index (χ3n) is 3.01. The largest absolute Gasteiger partial charge is 0.256 e. The molecule has 1 nitrogen and oxygen atoms in total. The number of fused-ring (bicyclic) bond motifs is 1. The lowest BCUT2D eigenvalue weighted by atomic mass is 9.95. The molecule has 0 aliphatic rings. The van der Waals surface area contributed by atoms with E-state index >= 15 is 0 Å². The number of hydrogen-bond donors (Lipinski definition) is 0. The molecule has 0 bridgehead atoms. The normalized spacial score (nSPS) is 10.0. The maximum Gasteiger partial charge on any atom is 0.0708 e. The predicted molar refractivity (Wildman–Crippen MR) is 82.1 cm³/mol. The quantitative estimate of drug-likeness (QED) is 0.738. The summed E-state index contributed by atoms with van der Waals surface area (Å²) in [5, 5.41) is 2.15. The Morgan fingerprint density at radius 1 is 0.722 bits per heavy atom. The Kier molecular flexibility index (Phi) is 3.24. The summed E-state index contributed by atoms with van der Waals surface area (Å²) in [4.78, 5) is 4.41. The fourth-order valence-corrected chi connectivity index (χ4v) is 2.14. The predicted octanol–water partition coefficient (Wildman–Crippen LogP) is 4.81. The van der Waals surface area contributed by atoms with Crippen molar-refractivity contribution in [3.8, 4) is 0 Å². The molecular formula is C17H15N. The van der Waals surface area contributed by atoms with E-state index in [2.05, 4.69) is 31.3 Å². The molecule has 2 rings (SSSR count). The summed E-state index contributed by atoms with van der Waals surface area (Å²) in [6.45, 7) is 15.4. The first-order chi connectivity index (χ1) is 8.76. The van der Waals surface area contributed by atoms with Crippen molar-refractivity contribution in [3.63, 3.8) is 0 Å². The lowest BCUT2D eigenvalue weighted by Gasteiger charge is -2.11. The van der Waals surface area contributed by atoms with Crippen LogP contribution in [0.1, 0.15) is 22.4 Å². The van der Waals surface area contributed by atoms with Crippen LogP contribution in [0.4, 0.5) is 0 Å². The zero-order valence-electron chi connectivity index (χ0n) is 10.3. The second-order valence-corrected chi connectivity index (χ2v) is 3.91. The fourth-order valence-electron chi connectivity index (χ4n) is 2.14. The van der Waals surface area contributed by atoms with Crippen LogP contribution in [-0.4, -0.2) is 4.98 Å². The van der Waals surface area contributed by atoms with Gasteiger partial charge in [0.15, 0.2) is 0 Å². The first-order valence-corrected chi connectivity index (χ1v) is 5.72. The van der Waals surface area contributed by atoms with Crippen molar-refractivity contribution in [1.29, 1.82) is 0 Å². The lowest BCUT2D eigenvalue weighted by molar-refractivity contribution is 1.32. The number of aromatic nitrogens is 1. The molecule has 0 saturated carbocycles. The van der Waals surface area contributed by atoms with Crippen molar-refractivity contribution in [2.45, 2.75) is 0 Å². The number of rotatable bonds is 4. The second kappa shape index (κ2) is 4.84. The van der Waals surface area contributed by atoms with Crippen molar-refractivity contribution in [3.05, 3.63) is 67.0 Å². The first-order valence-electron chi connectivity index (χ1n) is 5.72. The summed E-state index contributed by atoms with van der Waals surface area (Å²) in [5.41, 5.74) is 3.96. The summed E-state index contributed by atoms with van der Waals surface area (Å²) in [7, 11) is 0. The van der Waals surface area contributed by atoms with Gasteiger partial charge in [0.05, 0.1) is 5.69 Å². The summed E-state index contributed by atoms with van der Waals surface area (Å²) in [6, 6.07) is 4.06. The second-order valence-electron chi connectivity index (χ2n) is 3.91. The van der Waals surface area contributed by atoms with Crippen LogP contribution in [0.2, 0.25) is 0 Å². The number of benzene rings is 1. The van der Waals surface area contributed by atoms with Crippen LogP contribution in [0, 0.1) is 0 Å². The molecule has 1 aromatic carbocycles. The third kappa shape index (κ3) is 1.70. The SMILES string of the molecule is C=Cc1ccc(C=C)c2c(C=C)ncc(C=C)c12. The smallest absolute Gasteiger partial charge is 0.0708 e. The highest BCUT2D eigenvalue weighted by Crippen LogP contribution is 2.30. The molecule has 0 radical (unpaired) electrons. The van der Waals surface area contributed by atoms with E-state index in [1.165, 1.54) is 0 Å². The lowest BCUT2D eigenvalue weighted by Crippen LogP contribution is -1.93. The van der Waals surface area contributed by atoms with Gasteiger partial charge in [-0.15, -0.1) is 0 Å². The van der Waals surface area contributed by atoms with E-state index in [9.17, 15) is 0 Å². The van der Waals surface area contributed by atoms with Crippen LogP contribution in [-0.2, 0) is 0 Å². The molecule has 0 amide bonds. The Hall–Kier alpha value is -2.41. The average molecular weight is 233 g/mol. The molecule has 0 spiro atoms. The number of pyridine rings is 1. The van der Waals surface area contributed by atoms with Gasteiger partial charge in [-0.3, -0.25) is 4.98 Å². The maximum absolute atomic E-state index is 4.41. The minimum atomic E-state index is 0.856. The van der Waals surface area contributed by atoms with E-state index in [1.54, 1.807) is 6.08 Å². The third-order valence-corrected chi connectivity index (χ3v) is 3.01. The molecule has 0 atom stereocenters. The minimum Gasteiger partial charge on any atom is -0.256 e. The van der Waals surface area contributed by atoms with Crippen molar-refractivity contribution >= 4 is 35.1 Å². The molecule has 88 valence electrons. The molecule has 0 fully saturated rings.